The molecule has 0 spiro atoms. The molecule has 0 saturated heterocycles. The lowest BCUT2D eigenvalue weighted by molar-refractivity contribution is 0.272. The lowest BCUT2D eigenvalue weighted by Crippen LogP contribution is -2.26. The van der Waals surface area contributed by atoms with E-state index in [-0.39, 0.29) is 22.3 Å². The van der Waals surface area contributed by atoms with E-state index >= 15 is 0 Å². The molecule has 19 heavy (non-hydrogen) atoms. The number of nitrogens with one attached hydrogen (secondary N) is 1. The number of aliphatic hydroxyl groups excluding tert-OH is 1. The van der Waals surface area contributed by atoms with E-state index < -0.39 is 10.0 Å². The van der Waals surface area contributed by atoms with Crippen LogP contribution in [0.2, 0.25) is 5.02 Å². The molecule has 1 aliphatic rings. The molecule has 0 aliphatic heterocycles. The first-order valence-electron chi connectivity index (χ1n) is 5.95. The largest absolute Gasteiger partial charge is 0.495 e. The summed E-state index contributed by atoms with van der Waals surface area (Å²) >= 11 is 5.88. The standard InChI is InChI=1S/C12H16ClNO4S/c1-18-12-9(7-15)4-10(13)5-11(12)19(16,17)14-6-8-2-3-8/h4-5,8,14-15H,2-3,6-7H2,1H3. The molecule has 106 valence electrons. The lowest BCUT2D eigenvalue weighted by atomic mass is 10.2. The normalized spacial score (nSPS) is 15.5. The first-order chi connectivity index (χ1) is 8.97. The summed E-state index contributed by atoms with van der Waals surface area (Å²) in [6.45, 7) is 0.0847. The van der Waals surface area contributed by atoms with Crippen molar-refractivity contribution in [2.24, 2.45) is 5.92 Å². The van der Waals surface area contributed by atoms with Gasteiger partial charge in [0.05, 0.1) is 13.7 Å². The van der Waals surface area contributed by atoms with Crippen LogP contribution in [0.3, 0.4) is 0 Å². The second kappa shape index (κ2) is 5.66. The topological polar surface area (TPSA) is 75.6 Å². The third-order valence-electron chi connectivity index (χ3n) is 3.02. The van der Waals surface area contributed by atoms with Crippen molar-refractivity contribution < 1.29 is 18.3 Å². The molecule has 1 aliphatic carbocycles. The Morgan fingerprint density at radius 2 is 2.16 bits per heavy atom. The zero-order valence-electron chi connectivity index (χ0n) is 10.5. The van der Waals surface area contributed by atoms with Crippen LogP contribution in [0.25, 0.3) is 0 Å². The van der Waals surface area contributed by atoms with Crippen molar-refractivity contribution in [2.45, 2.75) is 24.3 Å². The van der Waals surface area contributed by atoms with E-state index in [1.807, 2.05) is 0 Å². The second-order valence-corrected chi connectivity index (χ2v) is 6.72. The molecule has 0 atom stereocenters. The molecule has 2 rings (SSSR count). The molecule has 0 heterocycles. The van der Waals surface area contributed by atoms with Crippen LogP contribution in [0.4, 0.5) is 0 Å². The summed E-state index contributed by atoms with van der Waals surface area (Å²) in [6.07, 6.45) is 2.11. The number of halogens is 1. The highest BCUT2D eigenvalue weighted by Gasteiger charge is 2.27. The maximum Gasteiger partial charge on any atom is 0.244 e. The number of hydrogen-bond donors (Lipinski definition) is 2. The van der Waals surface area contributed by atoms with Crippen molar-refractivity contribution in [1.82, 2.24) is 4.72 Å². The minimum atomic E-state index is -3.68. The molecule has 0 radical (unpaired) electrons. The molecule has 0 amide bonds. The molecule has 1 fully saturated rings. The van der Waals surface area contributed by atoms with Gasteiger partial charge in [-0.05, 0) is 30.9 Å². The third-order valence-corrected chi connectivity index (χ3v) is 4.67. The highest BCUT2D eigenvalue weighted by Crippen LogP contribution is 2.33. The van der Waals surface area contributed by atoms with Gasteiger partial charge in [-0.25, -0.2) is 13.1 Å². The van der Waals surface area contributed by atoms with Crippen LogP contribution in [0.15, 0.2) is 17.0 Å². The molecular weight excluding hydrogens is 290 g/mol. The van der Waals surface area contributed by atoms with Crippen LogP contribution in [0.5, 0.6) is 5.75 Å². The van der Waals surface area contributed by atoms with Gasteiger partial charge in [0.25, 0.3) is 0 Å². The molecule has 2 N–H and O–H groups in total. The average Bonchev–Trinajstić information content (AvgIpc) is 3.19. The summed E-state index contributed by atoms with van der Waals surface area (Å²) in [4.78, 5) is -0.0350. The van der Waals surface area contributed by atoms with Crippen molar-refractivity contribution in [3.63, 3.8) is 0 Å². The summed E-state index contributed by atoms with van der Waals surface area (Å²) in [5.74, 6) is 0.562. The number of aliphatic hydroxyl groups is 1. The Bertz CT molecular complexity index is 569. The van der Waals surface area contributed by atoms with Crippen molar-refractivity contribution in [2.75, 3.05) is 13.7 Å². The van der Waals surface area contributed by atoms with E-state index in [9.17, 15) is 13.5 Å². The van der Waals surface area contributed by atoms with Crippen LogP contribution < -0.4 is 9.46 Å². The molecule has 1 saturated carbocycles. The molecular formula is C12H16ClNO4S. The minimum Gasteiger partial charge on any atom is -0.495 e. The van der Waals surface area contributed by atoms with Gasteiger partial charge in [-0.2, -0.15) is 0 Å². The SMILES string of the molecule is COc1c(CO)cc(Cl)cc1S(=O)(=O)NCC1CC1. The third kappa shape index (κ3) is 3.39. The van der Waals surface area contributed by atoms with E-state index in [4.69, 9.17) is 16.3 Å². The Hall–Kier alpha value is -0.820. The van der Waals surface area contributed by atoms with E-state index in [0.29, 0.717) is 18.0 Å². The van der Waals surface area contributed by atoms with Crippen LogP contribution in [-0.4, -0.2) is 27.2 Å². The number of rotatable bonds is 6. The summed E-state index contributed by atoms with van der Waals surface area (Å²) in [6, 6.07) is 2.81. The molecule has 0 aromatic heterocycles. The van der Waals surface area contributed by atoms with Crippen LogP contribution in [-0.2, 0) is 16.6 Å². The van der Waals surface area contributed by atoms with Crippen molar-refractivity contribution in [3.8, 4) is 5.75 Å². The zero-order valence-corrected chi connectivity index (χ0v) is 12.1. The van der Waals surface area contributed by atoms with Crippen LogP contribution >= 0.6 is 11.6 Å². The maximum absolute atomic E-state index is 12.2. The highest BCUT2D eigenvalue weighted by molar-refractivity contribution is 7.89. The average molecular weight is 306 g/mol. The maximum atomic E-state index is 12.2. The number of ether oxygens (including phenoxy) is 1. The monoisotopic (exact) mass is 305 g/mol. The fourth-order valence-electron chi connectivity index (χ4n) is 1.80. The van der Waals surface area contributed by atoms with E-state index in [1.54, 1.807) is 0 Å². The van der Waals surface area contributed by atoms with E-state index in [0.717, 1.165) is 12.8 Å². The Labute approximate surface area is 117 Å². The molecule has 1 aromatic rings. The van der Waals surface area contributed by atoms with Gasteiger partial charge in [0.2, 0.25) is 10.0 Å². The quantitative estimate of drug-likeness (QED) is 0.836. The molecule has 7 heteroatoms. The van der Waals surface area contributed by atoms with E-state index in [2.05, 4.69) is 4.72 Å². The van der Waals surface area contributed by atoms with Gasteiger partial charge in [0, 0.05) is 17.1 Å². The van der Waals surface area contributed by atoms with Crippen LogP contribution in [0, 0.1) is 5.92 Å². The van der Waals surface area contributed by atoms with Crippen molar-refractivity contribution >= 4 is 21.6 Å². The number of sulfonamides is 1. The first kappa shape index (κ1) is 14.6. The predicted molar refractivity (Wildman–Crippen MR) is 71.8 cm³/mol. The fraction of sp³-hybridized carbons (Fsp3) is 0.500. The zero-order chi connectivity index (χ0) is 14.0. The fourth-order valence-corrected chi connectivity index (χ4v) is 3.46. The smallest absolute Gasteiger partial charge is 0.244 e. The number of hydrogen-bond acceptors (Lipinski definition) is 4. The molecule has 1 aromatic carbocycles. The lowest BCUT2D eigenvalue weighted by Gasteiger charge is -2.14. The number of methoxy groups -OCH3 is 1. The highest BCUT2D eigenvalue weighted by atomic mass is 35.5. The van der Waals surface area contributed by atoms with Crippen LogP contribution in [0.1, 0.15) is 18.4 Å². The Morgan fingerprint density at radius 3 is 2.68 bits per heavy atom. The first-order valence-corrected chi connectivity index (χ1v) is 7.81. The molecule has 0 unspecified atom stereocenters. The molecule has 5 nitrogen and oxygen atoms in total. The summed E-state index contributed by atoms with van der Waals surface area (Å²) in [7, 11) is -2.32. The van der Waals surface area contributed by atoms with Gasteiger partial charge in [0.15, 0.2) is 0 Å². The van der Waals surface area contributed by atoms with Gasteiger partial charge in [-0.15, -0.1) is 0 Å². The molecule has 0 bridgehead atoms. The van der Waals surface area contributed by atoms with Gasteiger partial charge < -0.3 is 9.84 Å². The summed E-state index contributed by atoms with van der Waals surface area (Å²) < 4.78 is 32.1. The summed E-state index contributed by atoms with van der Waals surface area (Å²) in [5.41, 5.74) is 0.349. The Balaban J connectivity index is 2.38. The van der Waals surface area contributed by atoms with Gasteiger partial charge in [0.1, 0.15) is 10.6 Å². The number of benzene rings is 1. The predicted octanol–water partition coefficient (Wildman–Crippen LogP) is 1.53. The van der Waals surface area contributed by atoms with Gasteiger partial charge in [-0.3, -0.25) is 0 Å². The van der Waals surface area contributed by atoms with Gasteiger partial charge >= 0.3 is 0 Å². The van der Waals surface area contributed by atoms with Crippen molar-refractivity contribution in [3.05, 3.63) is 22.7 Å². The summed E-state index contributed by atoms with van der Waals surface area (Å²) in [5, 5.41) is 9.49. The Kier molecular flexibility index (Phi) is 4.35. The van der Waals surface area contributed by atoms with Crippen molar-refractivity contribution in [1.29, 1.82) is 0 Å². The second-order valence-electron chi connectivity index (χ2n) is 4.55. The van der Waals surface area contributed by atoms with Gasteiger partial charge in [-0.1, -0.05) is 11.6 Å². The minimum absolute atomic E-state index is 0.0350. The van der Waals surface area contributed by atoms with E-state index in [1.165, 1.54) is 19.2 Å². The Morgan fingerprint density at radius 1 is 1.47 bits per heavy atom.